The highest BCUT2D eigenvalue weighted by Crippen LogP contribution is 2.58. The first-order chi connectivity index (χ1) is 31.3. The molecule has 0 heterocycles. The molecule has 2 heteroatoms. The van der Waals surface area contributed by atoms with E-state index in [0.717, 1.165) is 22.7 Å². The van der Waals surface area contributed by atoms with E-state index in [9.17, 15) is 0 Å². The maximum atomic E-state index is 2.52. The van der Waals surface area contributed by atoms with Crippen molar-refractivity contribution < 1.29 is 0 Å². The zero-order valence-electron chi connectivity index (χ0n) is 38.9. The van der Waals surface area contributed by atoms with Crippen molar-refractivity contribution >= 4 is 77.2 Å². The predicted octanol–water partition coefficient (Wildman–Crippen LogP) is 18.1. The van der Waals surface area contributed by atoms with E-state index >= 15 is 0 Å². The summed E-state index contributed by atoms with van der Waals surface area (Å²) in [5, 5.41) is 9.92. The largest absolute Gasteiger partial charge is 0.310 e. The van der Waals surface area contributed by atoms with Gasteiger partial charge in [-0.3, -0.25) is 0 Å². The fraction of sp³-hybridized carbons (Fsp3) is 0.175. The summed E-state index contributed by atoms with van der Waals surface area (Å²) < 4.78 is 0. The van der Waals surface area contributed by atoms with Crippen LogP contribution >= 0.6 is 0 Å². The second kappa shape index (κ2) is 15.0. The Morgan fingerprint density at radius 1 is 0.323 bits per heavy atom. The number of nitrogens with zero attached hydrogens (tertiary/aromatic N) is 2. The quantitative estimate of drug-likeness (QED) is 0.165. The van der Waals surface area contributed by atoms with Gasteiger partial charge >= 0.3 is 0 Å². The molecule has 10 aromatic carbocycles. The summed E-state index contributed by atoms with van der Waals surface area (Å²) in [4.78, 5) is 4.99. The number of benzene rings is 10. The van der Waals surface area contributed by atoms with Crippen molar-refractivity contribution in [1.82, 2.24) is 0 Å². The Balaban J connectivity index is 1.16. The number of rotatable bonds is 6. The van der Waals surface area contributed by atoms with Crippen LogP contribution in [0.1, 0.15) is 77.6 Å². The molecule has 0 saturated heterocycles. The van der Waals surface area contributed by atoms with Crippen molar-refractivity contribution in [3.05, 3.63) is 216 Å². The zero-order chi connectivity index (χ0) is 44.8. The normalized spacial score (nSPS) is 13.4. The smallest absolute Gasteiger partial charge is 0.0543 e. The fourth-order valence-corrected chi connectivity index (χ4v) is 10.5. The highest BCUT2D eigenvalue weighted by atomic mass is 15.2. The molecule has 0 aliphatic heterocycles. The molecule has 0 radical (unpaired) electrons. The summed E-state index contributed by atoms with van der Waals surface area (Å²) in [6.45, 7) is 18.6. The van der Waals surface area contributed by atoms with Gasteiger partial charge in [0.25, 0.3) is 0 Å². The van der Waals surface area contributed by atoms with Gasteiger partial charge in [0.1, 0.15) is 0 Å². The number of hydrogen-bond acceptors (Lipinski definition) is 2. The molecule has 0 bridgehead atoms. The van der Waals surface area contributed by atoms with E-state index < -0.39 is 0 Å². The zero-order valence-corrected chi connectivity index (χ0v) is 38.9. The highest BCUT2D eigenvalue weighted by molar-refractivity contribution is 6.17. The summed E-state index contributed by atoms with van der Waals surface area (Å²) in [6.07, 6.45) is 0. The topological polar surface area (TPSA) is 6.48 Å². The lowest BCUT2D eigenvalue weighted by Gasteiger charge is -2.31. The minimum absolute atomic E-state index is 0.0454. The molecule has 0 atom stereocenters. The average molecular weight is 841 g/mol. The van der Waals surface area contributed by atoms with Crippen LogP contribution in [-0.2, 0) is 16.2 Å². The van der Waals surface area contributed by atoms with Crippen LogP contribution in [0.2, 0.25) is 0 Å². The van der Waals surface area contributed by atoms with Crippen molar-refractivity contribution in [2.45, 2.75) is 71.6 Å². The van der Waals surface area contributed by atoms with Crippen LogP contribution in [0.4, 0.5) is 34.1 Å². The summed E-state index contributed by atoms with van der Waals surface area (Å²) in [6, 6.07) is 72.9. The third kappa shape index (κ3) is 6.78. The van der Waals surface area contributed by atoms with Gasteiger partial charge in [-0.2, -0.15) is 0 Å². The molecule has 1 aliphatic carbocycles. The van der Waals surface area contributed by atoms with E-state index in [1.807, 2.05) is 0 Å². The molecule has 318 valence electrons. The summed E-state index contributed by atoms with van der Waals surface area (Å²) in [7, 11) is 0. The van der Waals surface area contributed by atoms with E-state index in [4.69, 9.17) is 0 Å². The van der Waals surface area contributed by atoms with Gasteiger partial charge in [-0.25, -0.2) is 0 Å². The highest BCUT2D eigenvalue weighted by Gasteiger charge is 2.40. The van der Waals surface area contributed by atoms with Gasteiger partial charge in [0.05, 0.1) is 11.4 Å². The van der Waals surface area contributed by atoms with E-state index in [-0.39, 0.29) is 16.2 Å². The number of anilines is 6. The maximum Gasteiger partial charge on any atom is 0.0543 e. The van der Waals surface area contributed by atoms with Crippen molar-refractivity contribution in [1.29, 1.82) is 0 Å². The van der Waals surface area contributed by atoms with Crippen molar-refractivity contribution in [2.24, 2.45) is 0 Å². The predicted molar refractivity (Wildman–Crippen MR) is 281 cm³/mol. The molecule has 0 aromatic heterocycles. The maximum absolute atomic E-state index is 2.52. The van der Waals surface area contributed by atoms with Gasteiger partial charge in [0.15, 0.2) is 0 Å². The SMILES string of the molecule is CC(C)(C)c1ccc(N(c2ccc3ccccc3c2)c2cc3c(c4ccccc24)-c2c(cc(N(c4ccc(C(C)(C)C)cc4)c4ccc5ccccc5c4)c4ccccc24)C3(C)C)cc1. The van der Waals surface area contributed by atoms with Gasteiger partial charge in [0, 0.05) is 38.9 Å². The molecule has 11 rings (SSSR count). The summed E-state index contributed by atoms with van der Waals surface area (Å²) in [5.41, 5.74) is 14.7. The Kier molecular flexibility index (Phi) is 9.35. The van der Waals surface area contributed by atoms with Crippen molar-refractivity contribution in [3.63, 3.8) is 0 Å². The van der Waals surface area contributed by atoms with Crippen LogP contribution in [0.3, 0.4) is 0 Å². The van der Waals surface area contributed by atoms with Gasteiger partial charge in [-0.05, 0) is 137 Å². The summed E-state index contributed by atoms with van der Waals surface area (Å²) in [5.74, 6) is 0. The lowest BCUT2D eigenvalue weighted by atomic mass is 9.81. The molecule has 2 nitrogen and oxygen atoms in total. The molecule has 0 fully saturated rings. The molecule has 1 aliphatic rings. The van der Waals surface area contributed by atoms with Crippen molar-refractivity contribution in [2.75, 3.05) is 9.80 Å². The molecule has 65 heavy (non-hydrogen) atoms. The Hall–Kier alpha value is -7.16. The summed E-state index contributed by atoms with van der Waals surface area (Å²) >= 11 is 0. The third-order valence-electron chi connectivity index (χ3n) is 14.1. The standard InChI is InChI=1S/C63H56N2/c1-61(2,3)45-27-33-47(34-28-45)64(49-31-25-41-17-9-11-19-43(41)37-49)57-39-55-59(53-23-15-13-21-51(53)57)60-54-24-16-14-22-52(54)58(40-56(60)63(55,7)8)65(48-35-29-46(30-36-48)62(4,5)6)50-32-26-42-18-10-12-20-44(42)38-50/h9-40H,1-8H3. The first-order valence-electron chi connectivity index (χ1n) is 23.2. The fourth-order valence-electron chi connectivity index (χ4n) is 10.5. The van der Waals surface area contributed by atoms with Crippen LogP contribution in [-0.4, -0.2) is 0 Å². The third-order valence-corrected chi connectivity index (χ3v) is 14.1. The molecular formula is C63H56N2. The molecular weight excluding hydrogens is 785 g/mol. The minimum atomic E-state index is -0.335. The van der Waals surface area contributed by atoms with Gasteiger partial charge in [0.2, 0.25) is 0 Å². The van der Waals surface area contributed by atoms with Gasteiger partial charge in [-0.1, -0.05) is 189 Å². The van der Waals surface area contributed by atoms with Gasteiger partial charge < -0.3 is 9.80 Å². The monoisotopic (exact) mass is 840 g/mol. The van der Waals surface area contributed by atoms with Crippen molar-refractivity contribution in [3.8, 4) is 11.1 Å². The van der Waals surface area contributed by atoms with Crippen LogP contribution in [0.5, 0.6) is 0 Å². The number of fused-ring (bicyclic) bond motifs is 9. The Morgan fingerprint density at radius 3 is 1.02 bits per heavy atom. The Morgan fingerprint density at radius 2 is 0.646 bits per heavy atom. The van der Waals surface area contributed by atoms with E-state index in [1.54, 1.807) is 0 Å². The Labute approximate surface area is 384 Å². The van der Waals surface area contributed by atoms with Crippen LogP contribution < -0.4 is 9.80 Å². The lowest BCUT2D eigenvalue weighted by Crippen LogP contribution is -2.18. The average Bonchev–Trinajstić information content (AvgIpc) is 3.54. The van der Waals surface area contributed by atoms with Gasteiger partial charge in [-0.15, -0.1) is 0 Å². The second-order valence-corrected chi connectivity index (χ2v) is 20.7. The first-order valence-corrected chi connectivity index (χ1v) is 23.2. The van der Waals surface area contributed by atoms with Crippen LogP contribution in [0, 0.1) is 0 Å². The van der Waals surface area contributed by atoms with Crippen LogP contribution in [0.25, 0.3) is 54.2 Å². The molecule has 0 amide bonds. The van der Waals surface area contributed by atoms with E-state index in [0.29, 0.717) is 0 Å². The first kappa shape index (κ1) is 40.6. The molecule has 0 spiro atoms. The molecule has 0 saturated carbocycles. The molecule has 0 N–H and O–H groups in total. The minimum Gasteiger partial charge on any atom is -0.310 e. The second-order valence-electron chi connectivity index (χ2n) is 20.7. The van der Waals surface area contributed by atoms with Crippen LogP contribution in [0.15, 0.2) is 194 Å². The molecule has 0 unspecified atom stereocenters. The number of hydrogen-bond donors (Lipinski definition) is 0. The molecule has 10 aromatic rings. The van der Waals surface area contributed by atoms with E-state index in [2.05, 4.69) is 259 Å². The lowest BCUT2D eigenvalue weighted by molar-refractivity contribution is 0.590. The van der Waals surface area contributed by atoms with E-state index in [1.165, 1.54) is 87.8 Å². The Bertz CT molecular complexity index is 3240.